The van der Waals surface area contributed by atoms with Gasteiger partial charge in [0.2, 0.25) is 0 Å². The Bertz CT molecular complexity index is 374. The van der Waals surface area contributed by atoms with Crippen LogP contribution < -0.4 is 5.32 Å². The Kier molecular flexibility index (Phi) is 8.57. The highest BCUT2D eigenvalue weighted by molar-refractivity contribution is 7.99. The zero-order valence-electron chi connectivity index (χ0n) is 11.8. The van der Waals surface area contributed by atoms with Gasteiger partial charge in [-0.2, -0.15) is 8.78 Å². The van der Waals surface area contributed by atoms with Crippen LogP contribution in [0, 0.1) is 0 Å². The smallest absolute Gasteiger partial charge is 0.288 e. The molecule has 3 nitrogen and oxygen atoms in total. The molecule has 114 valence electrons. The molecule has 0 unspecified atom stereocenters. The summed E-state index contributed by atoms with van der Waals surface area (Å²) in [6.07, 6.45) is 0.405. The van der Waals surface area contributed by atoms with Crippen LogP contribution in [0.1, 0.15) is 20.3 Å². The van der Waals surface area contributed by atoms with Crippen LogP contribution in [0.2, 0.25) is 0 Å². The largest absolute Gasteiger partial charge is 0.384 e. The van der Waals surface area contributed by atoms with Crippen LogP contribution in [0.15, 0.2) is 29.2 Å². The van der Waals surface area contributed by atoms with Crippen LogP contribution >= 0.6 is 11.8 Å². The molecular weight excluding hydrogens is 284 g/mol. The van der Waals surface area contributed by atoms with Crippen LogP contribution in [0.5, 0.6) is 0 Å². The Labute approximate surface area is 123 Å². The van der Waals surface area contributed by atoms with Gasteiger partial charge >= 0.3 is 0 Å². The molecule has 0 saturated carbocycles. The minimum atomic E-state index is -2.42. The lowest BCUT2D eigenvalue weighted by molar-refractivity contribution is -0.137. The van der Waals surface area contributed by atoms with Crippen LogP contribution in [0.4, 0.5) is 14.5 Å². The number of halogens is 2. The van der Waals surface area contributed by atoms with Crippen LogP contribution in [0.3, 0.4) is 0 Å². The molecule has 1 N–H and O–H groups in total. The van der Waals surface area contributed by atoms with E-state index >= 15 is 0 Å². The number of thioether (sulfide) groups is 1. The number of anilines is 1. The Morgan fingerprint density at radius 2 is 1.80 bits per heavy atom. The molecule has 0 heterocycles. The van der Waals surface area contributed by atoms with E-state index in [4.69, 9.17) is 9.47 Å². The van der Waals surface area contributed by atoms with Gasteiger partial charge in [0.05, 0.1) is 0 Å². The quantitative estimate of drug-likeness (QED) is 0.518. The Morgan fingerprint density at radius 3 is 2.40 bits per heavy atom. The minimum Gasteiger partial charge on any atom is -0.384 e. The van der Waals surface area contributed by atoms with E-state index < -0.39 is 5.76 Å². The Balaban J connectivity index is 2.48. The van der Waals surface area contributed by atoms with Crippen molar-refractivity contribution in [1.29, 1.82) is 0 Å². The molecule has 0 atom stereocenters. The highest BCUT2D eigenvalue weighted by Crippen LogP contribution is 2.31. The van der Waals surface area contributed by atoms with Gasteiger partial charge in [-0.1, -0.05) is 23.9 Å². The second-order valence-corrected chi connectivity index (χ2v) is 4.96. The van der Waals surface area contributed by atoms with Gasteiger partial charge in [-0.15, -0.1) is 0 Å². The second-order valence-electron chi connectivity index (χ2n) is 3.93. The van der Waals surface area contributed by atoms with Crippen molar-refractivity contribution in [3.63, 3.8) is 0 Å². The maximum atomic E-state index is 12.4. The topological polar surface area (TPSA) is 30.5 Å². The maximum Gasteiger partial charge on any atom is 0.288 e. The third-order valence-corrected chi connectivity index (χ3v) is 3.29. The summed E-state index contributed by atoms with van der Waals surface area (Å²) < 4.78 is 35.7. The van der Waals surface area contributed by atoms with E-state index in [1.54, 1.807) is 18.2 Å². The van der Waals surface area contributed by atoms with Gasteiger partial charge in [-0.05, 0) is 26.0 Å². The molecule has 20 heavy (non-hydrogen) atoms. The lowest BCUT2D eigenvalue weighted by Gasteiger charge is -2.18. The molecule has 0 aliphatic heterocycles. The third-order valence-electron chi connectivity index (χ3n) is 2.50. The first kappa shape index (κ1) is 17.2. The molecule has 0 aliphatic rings. The molecule has 0 saturated heterocycles. The number of alkyl halides is 2. The Hall–Kier alpha value is -0.850. The molecule has 0 fully saturated rings. The van der Waals surface area contributed by atoms with E-state index in [9.17, 15) is 8.78 Å². The molecule has 0 bridgehead atoms. The van der Waals surface area contributed by atoms with Crippen molar-refractivity contribution in [1.82, 2.24) is 0 Å². The zero-order valence-corrected chi connectivity index (χ0v) is 12.6. The lowest BCUT2D eigenvalue weighted by Crippen LogP contribution is -2.21. The average Bonchev–Trinajstić information content (AvgIpc) is 2.40. The normalized spacial score (nSPS) is 11.3. The van der Waals surface area contributed by atoms with E-state index in [0.29, 0.717) is 48.5 Å². The fourth-order valence-corrected chi connectivity index (χ4v) is 2.34. The van der Waals surface area contributed by atoms with Gasteiger partial charge in [0.15, 0.2) is 6.29 Å². The SMILES string of the molecule is CCOC(CCNc1ccccc1SC(F)F)OCC. The second kappa shape index (κ2) is 9.96. The molecule has 0 aromatic heterocycles. The third kappa shape index (κ3) is 6.54. The summed E-state index contributed by atoms with van der Waals surface area (Å²) in [7, 11) is 0. The summed E-state index contributed by atoms with van der Waals surface area (Å²) in [5, 5.41) is 3.15. The van der Waals surface area contributed by atoms with Crippen molar-refractivity contribution in [2.24, 2.45) is 0 Å². The summed E-state index contributed by atoms with van der Waals surface area (Å²) in [6.45, 7) is 5.60. The summed E-state index contributed by atoms with van der Waals surface area (Å²) >= 11 is 0.546. The maximum absolute atomic E-state index is 12.4. The van der Waals surface area contributed by atoms with Gasteiger partial charge < -0.3 is 14.8 Å². The average molecular weight is 305 g/mol. The highest BCUT2D eigenvalue weighted by Gasteiger charge is 2.11. The van der Waals surface area contributed by atoms with Crippen molar-refractivity contribution in [3.05, 3.63) is 24.3 Å². The van der Waals surface area contributed by atoms with E-state index in [2.05, 4.69) is 5.32 Å². The molecule has 6 heteroatoms. The first-order valence-corrected chi connectivity index (χ1v) is 7.56. The minimum absolute atomic E-state index is 0.257. The summed E-state index contributed by atoms with van der Waals surface area (Å²) in [6, 6.07) is 7.04. The fraction of sp³-hybridized carbons (Fsp3) is 0.571. The van der Waals surface area contributed by atoms with Gasteiger partial charge in [-0.3, -0.25) is 0 Å². The van der Waals surface area contributed by atoms with E-state index in [0.717, 1.165) is 0 Å². The van der Waals surface area contributed by atoms with Gasteiger partial charge in [0.25, 0.3) is 5.76 Å². The molecule has 0 radical (unpaired) electrons. The monoisotopic (exact) mass is 305 g/mol. The molecule has 1 aromatic carbocycles. The first-order chi connectivity index (χ1) is 9.67. The van der Waals surface area contributed by atoms with Gasteiger partial charge in [0.1, 0.15) is 0 Å². The number of para-hydroxylation sites is 1. The number of hydrogen-bond donors (Lipinski definition) is 1. The number of benzene rings is 1. The van der Waals surface area contributed by atoms with E-state index in [1.807, 2.05) is 19.9 Å². The van der Waals surface area contributed by atoms with Crippen molar-refractivity contribution in [2.45, 2.75) is 37.2 Å². The van der Waals surface area contributed by atoms with Crippen LogP contribution in [0.25, 0.3) is 0 Å². The van der Waals surface area contributed by atoms with Crippen LogP contribution in [-0.2, 0) is 9.47 Å². The summed E-state index contributed by atoms with van der Waals surface area (Å²) in [5.74, 6) is -2.42. The zero-order chi connectivity index (χ0) is 14.8. The molecular formula is C14H21F2NO2S. The summed E-state index contributed by atoms with van der Waals surface area (Å²) in [4.78, 5) is 0.548. The molecule has 1 rings (SSSR count). The fourth-order valence-electron chi connectivity index (χ4n) is 1.72. The lowest BCUT2D eigenvalue weighted by atomic mass is 10.3. The molecule has 0 aliphatic carbocycles. The van der Waals surface area contributed by atoms with E-state index in [1.165, 1.54) is 0 Å². The number of nitrogens with one attached hydrogen (secondary N) is 1. The number of rotatable bonds is 10. The summed E-state index contributed by atoms with van der Waals surface area (Å²) in [5.41, 5.74) is 0.713. The predicted octanol–water partition coefficient (Wildman–Crippen LogP) is 4.20. The van der Waals surface area contributed by atoms with Crippen molar-refractivity contribution < 1.29 is 18.3 Å². The van der Waals surface area contributed by atoms with Crippen LogP contribution in [-0.4, -0.2) is 31.8 Å². The van der Waals surface area contributed by atoms with Gasteiger partial charge in [0, 0.05) is 36.8 Å². The molecule has 1 aromatic rings. The Morgan fingerprint density at radius 1 is 1.15 bits per heavy atom. The predicted molar refractivity (Wildman–Crippen MR) is 78.4 cm³/mol. The standard InChI is InChI=1S/C14H21F2NO2S/c1-3-18-13(19-4-2)9-10-17-11-7-5-6-8-12(11)20-14(15)16/h5-8,13-14,17H,3-4,9-10H2,1-2H3. The van der Waals surface area contributed by atoms with Crippen molar-refractivity contribution >= 4 is 17.4 Å². The van der Waals surface area contributed by atoms with Gasteiger partial charge in [-0.25, -0.2) is 0 Å². The first-order valence-electron chi connectivity index (χ1n) is 6.68. The number of ether oxygens (including phenoxy) is 2. The highest BCUT2D eigenvalue weighted by atomic mass is 32.2. The molecule has 0 spiro atoms. The van der Waals surface area contributed by atoms with Crippen molar-refractivity contribution in [3.8, 4) is 0 Å². The number of hydrogen-bond acceptors (Lipinski definition) is 4. The van der Waals surface area contributed by atoms with E-state index in [-0.39, 0.29) is 6.29 Å². The molecule has 0 amide bonds. The van der Waals surface area contributed by atoms with Crippen molar-refractivity contribution in [2.75, 3.05) is 25.1 Å².